The predicted molar refractivity (Wildman–Crippen MR) is 210 cm³/mol. The summed E-state index contributed by atoms with van der Waals surface area (Å²) in [5.41, 5.74) is 0. The molecule has 0 aromatic carbocycles. The molecule has 1 unspecified atom stereocenters. The van der Waals surface area contributed by atoms with E-state index in [1.165, 1.54) is 83.5 Å². The van der Waals surface area contributed by atoms with Gasteiger partial charge in [0.1, 0.15) is 13.2 Å². The van der Waals surface area contributed by atoms with Crippen LogP contribution in [0.4, 0.5) is 0 Å². The van der Waals surface area contributed by atoms with Crippen LogP contribution in [0.5, 0.6) is 0 Å². The maximum Gasteiger partial charge on any atom is 0.306 e. The van der Waals surface area contributed by atoms with Crippen molar-refractivity contribution in [1.29, 1.82) is 0 Å². The molecule has 0 radical (unpaired) electrons. The summed E-state index contributed by atoms with van der Waals surface area (Å²) in [4.78, 5) is 37.1. The molecule has 1 atom stereocenters. The highest BCUT2D eigenvalue weighted by Gasteiger charge is 2.19. The summed E-state index contributed by atoms with van der Waals surface area (Å²) in [6, 6.07) is 0. The topological polar surface area (TPSA) is 78.9 Å². The highest BCUT2D eigenvalue weighted by atomic mass is 16.6. The number of hydrogen-bond donors (Lipinski definition) is 0. The van der Waals surface area contributed by atoms with Gasteiger partial charge in [0.15, 0.2) is 6.10 Å². The number of allylic oxidation sites excluding steroid dienone is 6. The van der Waals surface area contributed by atoms with E-state index < -0.39 is 6.10 Å². The molecule has 0 aliphatic rings. The van der Waals surface area contributed by atoms with Crippen molar-refractivity contribution in [3.8, 4) is 0 Å². The third-order valence-corrected chi connectivity index (χ3v) is 8.90. The zero-order valence-electron chi connectivity index (χ0n) is 32.9. The first-order valence-electron chi connectivity index (χ1n) is 21.0. The fourth-order valence-corrected chi connectivity index (χ4v) is 5.68. The van der Waals surface area contributed by atoms with Crippen LogP contribution in [-0.4, -0.2) is 37.2 Å². The van der Waals surface area contributed by atoms with E-state index in [4.69, 9.17) is 14.2 Å². The highest BCUT2D eigenvalue weighted by Crippen LogP contribution is 2.12. The largest absolute Gasteiger partial charge is 0.462 e. The van der Waals surface area contributed by atoms with Crippen molar-refractivity contribution in [3.63, 3.8) is 0 Å². The van der Waals surface area contributed by atoms with Crippen LogP contribution in [-0.2, 0) is 28.6 Å². The number of carbonyl (C=O) groups is 3. The first-order valence-corrected chi connectivity index (χ1v) is 21.0. The molecule has 6 nitrogen and oxygen atoms in total. The standard InChI is InChI=1S/C44H78O6/c1-4-7-10-13-15-16-17-18-19-20-21-22-23-24-25-26-27-28-29-32-34-37-43(46)49-40-41(39-48-42(45)36-33-30-12-9-6-3)50-44(47)38-35-31-14-11-8-5-2/h17-18,20-21,23-24,41H,4-16,19,22,25-40H2,1-3H3/b18-17-,21-20-,24-23-. The van der Waals surface area contributed by atoms with E-state index in [1.54, 1.807) is 0 Å². The van der Waals surface area contributed by atoms with E-state index in [9.17, 15) is 14.4 Å². The SMILES string of the molecule is CCCCCCC/C=C\C/C=C\C/C=C\CCCCCCCCC(=O)OCC(COC(=O)CCCCCCC)OC(=O)CCCCCCCC. The van der Waals surface area contributed by atoms with Crippen molar-refractivity contribution in [1.82, 2.24) is 0 Å². The molecule has 0 aromatic rings. The van der Waals surface area contributed by atoms with Gasteiger partial charge in [0.2, 0.25) is 0 Å². The minimum atomic E-state index is -0.766. The van der Waals surface area contributed by atoms with Crippen LogP contribution in [0.1, 0.15) is 207 Å². The lowest BCUT2D eigenvalue weighted by Crippen LogP contribution is -2.30. The Labute approximate surface area is 308 Å². The van der Waals surface area contributed by atoms with Crippen molar-refractivity contribution >= 4 is 17.9 Å². The third-order valence-electron chi connectivity index (χ3n) is 8.90. The van der Waals surface area contributed by atoms with E-state index in [0.29, 0.717) is 19.3 Å². The maximum absolute atomic E-state index is 12.5. The average molecular weight is 703 g/mol. The minimum Gasteiger partial charge on any atom is -0.462 e. The van der Waals surface area contributed by atoms with Crippen LogP contribution in [0, 0.1) is 0 Å². The molecule has 0 heterocycles. The lowest BCUT2D eigenvalue weighted by molar-refractivity contribution is -0.167. The van der Waals surface area contributed by atoms with Gasteiger partial charge in [-0.05, 0) is 57.8 Å². The molecule has 0 saturated carbocycles. The van der Waals surface area contributed by atoms with E-state index in [1.807, 2.05) is 0 Å². The van der Waals surface area contributed by atoms with Crippen LogP contribution in [0.3, 0.4) is 0 Å². The molecule has 0 spiro atoms. The Kier molecular flexibility index (Phi) is 37.5. The summed E-state index contributed by atoms with van der Waals surface area (Å²) >= 11 is 0. The summed E-state index contributed by atoms with van der Waals surface area (Å²) in [6.07, 6.45) is 43.3. The molecular weight excluding hydrogens is 624 g/mol. The van der Waals surface area contributed by atoms with Gasteiger partial charge in [-0.2, -0.15) is 0 Å². The van der Waals surface area contributed by atoms with Crippen molar-refractivity contribution in [3.05, 3.63) is 36.5 Å². The monoisotopic (exact) mass is 703 g/mol. The third kappa shape index (κ3) is 36.9. The summed E-state index contributed by atoms with van der Waals surface area (Å²) < 4.78 is 16.4. The predicted octanol–water partition coefficient (Wildman–Crippen LogP) is 13.0. The second kappa shape index (κ2) is 39.4. The van der Waals surface area contributed by atoms with Gasteiger partial charge >= 0.3 is 17.9 Å². The zero-order valence-corrected chi connectivity index (χ0v) is 32.9. The summed E-state index contributed by atoms with van der Waals surface area (Å²) in [6.45, 7) is 6.45. The smallest absolute Gasteiger partial charge is 0.306 e. The number of carbonyl (C=O) groups excluding carboxylic acids is 3. The maximum atomic E-state index is 12.5. The second-order valence-corrected chi connectivity index (χ2v) is 13.9. The molecule has 0 fully saturated rings. The van der Waals surface area contributed by atoms with Crippen LogP contribution < -0.4 is 0 Å². The van der Waals surface area contributed by atoms with Gasteiger partial charge in [-0.1, -0.05) is 166 Å². The molecule has 0 saturated heterocycles. The molecule has 6 heteroatoms. The zero-order chi connectivity index (χ0) is 36.6. The number of ether oxygens (including phenoxy) is 3. The van der Waals surface area contributed by atoms with Crippen LogP contribution in [0.2, 0.25) is 0 Å². The van der Waals surface area contributed by atoms with Gasteiger partial charge in [0, 0.05) is 19.3 Å². The highest BCUT2D eigenvalue weighted by molar-refractivity contribution is 5.71. The summed E-state index contributed by atoms with van der Waals surface area (Å²) in [5.74, 6) is -0.917. The number of rotatable bonds is 37. The van der Waals surface area contributed by atoms with Crippen LogP contribution >= 0.6 is 0 Å². The number of hydrogen-bond acceptors (Lipinski definition) is 6. The van der Waals surface area contributed by atoms with Crippen molar-refractivity contribution < 1.29 is 28.6 Å². The van der Waals surface area contributed by atoms with Gasteiger partial charge in [0.05, 0.1) is 0 Å². The van der Waals surface area contributed by atoms with Gasteiger partial charge in [-0.15, -0.1) is 0 Å². The first-order chi connectivity index (χ1) is 24.5. The van der Waals surface area contributed by atoms with Gasteiger partial charge in [-0.25, -0.2) is 0 Å². The number of esters is 3. The van der Waals surface area contributed by atoms with Gasteiger partial charge in [-0.3, -0.25) is 14.4 Å². The Morgan fingerprint density at radius 2 is 0.720 bits per heavy atom. The molecule has 0 amide bonds. The molecule has 0 rings (SSSR count). The van der Waals surface area contributed by atoms with Crippen molar-refractivity contribution in [2.75, 3.05) is 13.2 Å². The van der Waals surface area contributed by atoms with E-state index >= 15 is 0 Å². The van der Waals surface area contributed by atoms with Crippen molar-refractivity contribution in [2.45, 2.75) is 213 Å². The lowest BCUT2D eigenvalue weighted by Gasteiger charge is -2.18. The molecule has 50 heavy (non-hydrogen) atoms. The molecule has 290 valence electrons. The first kappa shape index (κ1) is 47.6. The summed E-state index contributed by atoms with van der Waals surface area (Å²) in [7, 11) is 0. The fraction of sp³-hybridized carbons (Fsp3) is 0.795. The van der Waals surface area contributed by atoms with E-state index in [2.05, 4.69) is 57.2 Å². The van der Waals surface area contributed by atoms with Crippen LogP contribution in [0.15, 0.2) is 36.5 Å². The lowest BCUT2D eigenvalue weighted by atomic mass is 10.1. The minimum absolute atomic E-state index is 0.0772. The fourth-order valence-electron chi connectivity index (χ4n) is 5.68. The Morgan fingerprint density at radius 3 is 1.12 bits per heavy atom. The molecule has 0 bridgehead atoms. The molecule has 0 aliphatic heterocycles. The Bertz CT molecular complexity index is 861. The quantitative estimate of drug-likeness (QED) is 0.0277. The van der Waals surface area contributed by atoms with E-state index in [0.717, 1.165) is 83.5 Å². The molecule has 0 N–H and O–H groups in total. The van der Waals surface area contributed by atoms with E-state index in [-0.39, 0.29) is 31.1 Å². The normalized spacial score (nSPS) is 12.3. The van der Waals surface area contributed by atoms with Crippen molar-refractivity contribution in [2.24, 2.45) is 0 Å². The Hall–Kier alpha value is -2.37. The Morgan fingerprint density at radius 1 is 0.400 bits per heavy atom. The van der Waals surface area contributed by atoms with Gasteiger partial charge in [0.25, 0.3) is 0 Å². The van der Waals surface area contributed by atoms with Gasteiger partial charge < -0.3 is 14.2 Å². The second-order valence-electron chi connectivity index (χ2n) is 13.9. The average Bonchev–Trinajstić information content (AvgIpc) is 3.11. The molecule has 0 aliphatic carbocycles. The van der Waals surface area contributed by atoms with Crippen LogP contribution in [0.25, 0.3) is 0 Å². The molecular formula is C44H78O6. The Balaban J connectivity index is 4.09. The molecule has 0 aromatic heterocycles. The number of unbranched alkanes of at least 4 members (excludes halogenated alkanes) is 20. The summed E-state index contributed by atoms with van der Waals surface area (Å²) in [5, 5.41) is 0.